The average Bonchev–Trinajstić information content (AvgIpc) is 3.66. The van der Waals surface area contributed by atoms with Crippen molar-refractivity contribution in [3.8, 4) is 11.8 Å². The number of nitrogens with one attached hydrogen (secondary N) is 1. The summed E-state index contributed by atoms with van der Waals surface area (Å²) in [6.07, 6.45) is 2.07. The summed E-state index contributed by atoms with van der Waals surface area (Å²) in [6.45, 7) is 6.16. The largest absolute Gasteiger partial charge is 0.433 e. The second-order valence-electron chi connectivity index (χ2n) is 10.7. The third-order valence-corrected chi connectivity index (χ3v) is 7.30. The molecule has 15 heteroatoms. The van der Waals surface area contributed by atoms with E-state index in [1.54, 1.807) is 23.9 Å². The first-order chi connectivity index (χ1) is 19.3. The van der Waals surface area contributed by atoms with Crippen LogP contribution in [0.1, 0.15) is 52.1 Å². The zero-order valence-electron chi connectivity index (χ0n) is 22.7. The quantitative estimate of drug-likeness (QED) is 0.425. The number of aromatic nitrogens is 6. The summed E-state index contributed by atoms with van der Waals surface area (Å²) < 4.78 is 58.4. The van der Waals surface area contributed by atoms with E-state index >= 15 is 0 Å². The molecule has 2 fully saturated rings. The lowest BCUT2D eigenvalue weighted by Gasteiger charge is -2.34. The predicted molar refractivity (Wildman–Crippen MR) is 137 cm³/mol. The molecule has 3 aromatic rings. The molecule has 3 aromatic heterocycles. The minimum absolute atomic E-state index is 0.167. The van der Waals surface area contributed by atoms with E-state index < -0.39 is 40.7 Å². The SMILES string of the molecule is CC1(C)OC[C@@H](Cn2ccc(NC(=O)C(C)(C3CCCC3)n3ncc(Oc4nccc(C(F)(F)F)n4)cc3=O)n2)O1. The van der Waals surface area contributed by atoms with Gasteiger partial charge < -0.3 is 19.5 Å². The smallest absolute Gasteiger partial charge is 0.422 e. The zero-order valence-corrected chi connectivity index (χ0v) is 22.7. The molecule has 1 aliphatic carbocycles. The van der Waals surface area contributed by atoms with Crippen LogP contribution in [-0.2, 0) is 32.5 Å². The first-order valence-electron chi connectivity index (χ1n) is 13.2. The summed E-state index contributed by atoms with van der Waals surface area (Å²) in [6, 6.07) is 2.80. The van der Waals surface area contributed by atoms with Gasteiger partial charge in [0, 0.05) is 24.5 Å². The molecular weight excluding hydrogens is 547 g/mol. The molecular formula is C26H30F3N7O5. The van der Waals surface area contributed by atoms with Crippen LogP contribution >= 0.6 is 0 Å². The minimum atomic E-state index is -4.69. The van der Waals surface area contributed by atoms with Crippen molar-refractivity contribution < 1.29 is 32.2 Å². The molecule has 0 aromatic carbocycles. The van der Waals surface area contributed by atoms with Gasteiger partial charge in [0.1, 0.15) is 11.6 Å². The van der Waals surface area contributed by atoms with Gasteiger partial charge in [0.15, 0.2) is 23.0 Å². The lowest BCUT2D eigenvalue weighted by Crippen LogP contribution is -2.53. The minimum Gasteiger partial charge on any atom is -0.422 e. The Kier molecular flexibility index (Phi) is 7.59. The Hall–Kier alpha value is -3.85. The molecule has 1 N–H and O–H groups in total. The standard InChI is InChI=1S/C26H30F3N7O5/c1-24(2)39-15-18(41-24)14-35-11-9-20(34-35)33-22(38)25(3,16-6-4-5-7-16)36-21(37)12-17(13-31-36)40-23-30-10-8-19(32-23)26(27,28)29/h8-13,16,18H,4-7,14-15H2,1-3H3,(H,33,34,38)/t18-,25?/m1/s1. The van der Waals surface area contributed by atoms with Gasteiger partial charge in [-0.15, -0.1) is 0 Å². The van der Waals surface area contributed by atoms with Crippen molar-refractivity contribution in [3.63, 3.8) is 0 Å². The summed E-state index contributed by atoms with van der Waals surface area (Å²) in [5.74, 6) is -1.20. The van der Waals surface area contributed by atoms with Gasteiger partial charge in [0.2, 0.25) is 0 Å². The number of ether oxygens (including phenoxy) is 3. The van der Waals surface area contributed by atoms with Crippen molar-refractivity contribution in [2.45, 2.75) is 76.6 Å². The number of nitrogens with zero attached hydrogens (tertiary/aromatic N) is 6. The maximum absolute atomic E-state index is 13.8. The van der Waals surface area contributed by atoms with Gasteiger partial charge in [-0.25, -0.2) is 9.67 Å². The van der Waals surface area contributed by atoms with Crippen molar-refractivity contribution in [3.05, 3.63) is 52.8 Å². The van der Waals surface area contributed by atoms with E-state index in [-0.39, 0.29) is 17.8 Å². The van der Waals surface area contributed by atoms with Crippen LogP contribution in [0.3, 0.4) is 0 Å². The number of hydrogen-bond donors (Lipinski definition) is 1. The molecule has 220 valence electrons. The van der Waals surface area contributed by atoms with Crippen molar-refractivity contribution >= 4 is 11.7 Å². The van der Waals surface area contributed by atoms with E-state index in [1.807, 2.05) is 13.8 Å². The number of carbonyl (C=O) groups is 1. The first kappa shape index (κ1) is 28.7. The third kappa shape index (κ3) is 6.25. The van der Waals surface area contributed by atoms with Crippen molar-refractivity contribution in [2.75, 3.05) is 11.9 Å². The Labute approximate surface area is 232 Å². The molecule has 12 nitrogen and oxygen atoms in total. The summed E-state index contributed by atoms with van der Waals surface area (Å²) >= 11 is 0. The van der Waals surface area contributed by atoms with Crippen LogP contribution < -0.4 is 15.6 Å². The number of carbonyl (C=O) groups excluding carboxylic acids is 1. The van der Waals surface area contributed by atoms with E-state index in [0.29, 0.717) is 37.9 Å². The molecule has 1 saturated heterocycles. The first-order valence-corrected chi connectivity index (χ1v) is 13.2. The van der Waals surface area contributed by atoms with Crippen molar-refractivity contribution in [2.24, 2.45) is 5.92 Å². The Morgan fingerprint density at radius 3 is 2.66 bits per heavy atom. The highest BCUT2D eigenvalue weighted by atomic mass is 19.4. The van der Waals surface area contributed by atoms with Crippen molar-refractivity contribution in [1.29, 1.82) is 0 Å². The third-order valence-electron chi connectivity index (χ3n) is 7.30. The number of hydrogen-bond acceptors (Lipinski definition) is 9. The number of halogens is 3. The fourth-order valence-electron chi connectivity index (χ4n) is 5.23. The van der Waals surface area contributed by atoms with E-state index in [0.717, 1.165) is 36.0 Å². The molecule has 0 radical (unpaired) electrons. The monoisotopic (exact) mass is 577 g/mol. The molecule has 4 heterocycles. The summed E-state index contributed by atoms with van der Waals surface area (Å²) in [5.41, 5.74) is -3.25. The Balaban J connectivity index is 1.35. The molecule has 2 atom stereocenters. The zero-order chi connectivity index (χ0) is 29.4. The molecule has 2 aliphatic rings. The van der Waals surface area contributed by atoms with Crippen molar-refractivity contribution in [1.82, 2.24) is 29.5 Å². The van der Waals surface area contributed by atoms with Gasteiger partial charge in [0.25, 0.3) is 11.5 Å². The highest BCUT2D eigenvalue weighted by molar-refractivity contribution is 5.95. The normalized spacial score (nSPS) is 20.6. The second kappa shape index (κ2) is 10.9. The Morgan fingerprint density at radius 2 is 2.00 bits per heavy atom. The van der Waals surface area contributed by atoms with Gasteiger partial charge in [-0.2, -0.15) is 28.4 Å². The lowest BCUT2D eigenvalue weighted by molar-refractivity contribution is -0.141. The molecule has 1 amide bonds. The maximum atomic E-state index is 13.8. The van der Waals surface area contributed by atoms with Crippen LogP contribution in [-0.4, -0.2) is 53.9 Å². The van der Waals surface area contributed by atoms with Gasteiger partial charge in [-0.3, -0.25) is 14.3 Å². The fraction of sp³-hybridized carbons (Fsp3) is 0.538. The maximum Gasteiger partial charge on any atom is 0.433 e. The Bertz CT molecular complexity index is 1470. The lowest BCUT2D eigenvalue weighted by atomic mass is 9.83. The second-order valence-corrected chi connectivity index (χ2v) is 10.7. The van der Waals surface area contributed by atoms with Crippen LogP contribution in [0.5, 0.6) is 11.8 Å². The molecule has 41 heavy (non-hydrogen) atoms. The fourth-order valence-corrected chi connectivity index (χ4v) is 5.23. The number of amides is 1. The van der Waals surface area contributed by atoms with Gasteiger partial charge in [-0.05, 0) is 45.6 Å². The average molecular weight is 578 g/mol. The van der Waals surface area contributed by atoms with E-state index in [9.17, 15) is 22.8 Å². The van der Waals surface area contributed by atoms with E-state index in [4.69, 9.17) is 14.2 Å². The van der Waals surface area contributed by atoms with Crippen LogP contribution in [0, 0.1) is 5.92 Å². The summed E-state index contributed by atoms with van der Waals surface area (Å²) in [7, 11) is 0. The van der Waals surface area contributed by atoms with E-state index in [1.165, 1.54) is 0 Å². The predicted octanol–water partition coefficient (Wildman–Crippen LogP) is 3.74. The van der Waals surface area contributed by atoms with Crippen LogP contribution in [0.2, 0.25) is 0 Å². The number of rotatable bonds is 8. The highest BCUT2D eigenvalue weighted by Crippen LogP contribution is 2.39. The van der Waals surface area contributed by atoms with Crippen LogP contribution in [0.25, 0.3) is 0 Å². The molecule has 1 saturated carbocycles. The molecule has 0 bridgehead atoms. The van der Waals surface area contributed by atoms with Crippen LogP contribution in [0.4, 0.5) is 19.0 Å². The number of anilines is 1. The Morgan fingerprint density at radius 1 is 1.24 bits per heavy atom. The molecule has 1 aliphatic heterocycles. The molecule has 5 rings (SSSR count). The van der Waals surface area contributed by atoms with Gasteiger partial charge in [-0.1, -0.05) is 12.8 Å². The van der Waals surface area contributed by atoms with E-state index in [2.05, 4.69) is 25.5 Å². The highest BCUT2D eigenvalue weighted by Gasteiger charge is 2.46. The summed E-state index contributed by atoms with van der Waals surface area (Å²) in [4.78, 5) is 34.0. The van der Waals surface area contributed by atoms with Crippen LogP contribution in [0.15, 0.2) is 41.6 Å². The summed E-state index contributed by atoms with van der Waals surface area (Å²) in [5, 5.41) is 11.4. The molecule has 0 spiro atoms. The molecule has 1 unspecified atom stereocenters. The topological polar surface area (TPSA) is 135 Å². The number of alkyl halides is 3. The van der Waals surface area contributed by atoms with Gasteiger partial charge in [0.05, 0.1) is 19.3 Å². The van der Waals surface area contributed by atoms with Gasteiger partial charge >= 0.3 is 12.2 Å².